The Labute approximate surface area is 111 Å². The Balaban J connectivity index is 1.97. The average molecular weight is 259 g/mol. The first kappa shape index (κ1) is 12.1. The van der Waals surface area contributed by atoms with Crippen LogP contribution in [-0.2, 0) is 4.79 Å². The summed E-state index contributed by atoms with van der Waals surface area (Å²) in [5.74, 6) is 0.195. The first-order valence-electron chi connectivity index (χ1n) is 6.72. The van der Waals surface area contributed by atoms with E-state index in [9.17, 15) is 9.90 Å². The van der Waals surface area contributed by atoms with Crippen molar-refractivity contribution in [2.45, 2.75) is 32.1 Å². The summed E-state index contributed by atoms with van der Waals surface area (Å²) in [6, 6.07) is 3.77. The van der Waals surface area contributed by atoms with Crippen LogP contribution < -0.4 is 0 Å². The first-order chi connectivity index (χ1) is 9.19. The number of H-pyrrole nitrogens is 1. The van der Waals surface area contributed by atoms with E-state index in [0.29, 0.717) is 11.6 Å². The van der Waals surface area contributed by atoms with Gasteiger partial charge in [-0.2, -0.15) is 0 Å². The lowest BCUT2D eigenvalue weighted by atomic mass is 9.96. The van der Waals surface area contributed by atoms with Crippen LogP contribution in [0, 0.1) is 11.8 Å². The lowest BCUT2D eigenvalue weighted by molar-refractivity contribution is -0.142. The normalized spacial score (nSPS) is 26.9. The fourth-order valence-corrected chi connectivity index (χ4v) is 3.09. The summed E-state index contributed by atoms with van der Waals surface area (Å²) in [5, 5.41) is 9.38. The summed E-state index contributed by atoms with van der Waals surface area (Å²) in [7, 11) is 0. The monoisotopic (exact) mass is 259 g/mol. The van der Waals surface area contributed by atoms with Gasteiger partial charge in [-0.1, -0.05) is 13.3 Å². The number of carboxylic acid groups (broad SMARTS) is 1. The Bertz CT molecular complexity index is 575. The van der Waals surface area contributed by atoms with Crippen molar-refractivity contribution in [3.8, 4) is 0 Å². The van der Waals surface area contributed by atoms with E-state index in [1.807, 2.05) is 12.1 Å². The van der Waals surface area contributed by atoms with Crippen LogP contribution in [0.15, 0.2) is 18.3 Å². The van der Waals surface area contributed by atoms with Gasteiger partial charge in [0.25, 0.3) is 0 Å². The number of nitrogens with one attached hydrogen (secondary N) is 1. The molecule has 5 nitrogen and oxygen atoms in total. The summed E-state index contributed by atoms with van der Waals surface area (Å²) < 4.78 is 0. The van der Waals surface area contributed by atoms with Crippen LogP contribution in [0.25, 0.3) is 11.2 Å². The third kappa shape index (κ3) is 2.09. The second-order valence-electron chi connectivity index (χ2n) is 5.29. The molecule has 0 aromatic carbocycles. The molecular formula is C14H17N3O2. The number of nitrogens with zero attached hydrogens (tertiary/aromatic N) is 2. The van der Waals surface area contributed by atoms with Crippen molar-refractivity contribution in [3.05, 3.63) is 24.2 Å². The maximum Gasteiger partial charge on any atom is 0.307 e. The van der Waals surface area contributed by atoms with E-state index in [-0.39, 0.29) is 11.8 Å². The molecular weight excluding hydrogens is 242 g/mol. The summed E-state index contributed by atoms with van der Waals surface area (Å²) in [4.78, 5) is 23.3. The van der Waals surface area contributed by atoms with E-state index in [0.717, 1.165) is 30.6 Å². The van der Waals surface area contributed by atoms with Crippen molar-refractivity contribution in [3.63, 3.8) is 0 Å². The van der Waals surface area contributed by atoms with Gasteiger partial charge in [0.05, 0.1) is 11.4 Å². The van der Waals surface area contributed by atoms with Crippen LogP contribution in [0.5, 0.6) is 0 Å². The zero-order valence-corrected chi connectivity index (χ0v) is 10.8. The molecule has 2 N–H and O–H groups in total. The lowest BCUT2D eigenvalue weighted by Gasteiger charge is -2.12. The van der Waals surface area contributed by atoms with Gasteiger partial charge in [0.15, 0.2) is 5.65 Å². The molecule has 1 saturated carbocycles. The van der Waals surface area contributed by atoms with Crippen LogP contribution in [0.2, 0.25) is 0 Å². The summed E-state index contributed by atoms with van der Waals surface area (Å²) in [6.45, 7) is 2.12. The Kier molecular flexibility index (Phi) is 2.97. The second kappa shape index (κ2) is 4.64. The molecule has 0 spiro atoms. The third-order valence-electron chi connectivity index (χ3n) is 4.18. The Morgan fingerprint density at radius 1 is 1.53 bits per heavy atom. The Morgan fingerprint density at radius 2 is 2.37 bits per heavy atom. The number of aromatic nitrogens is 3. The molecule has 5 heteroatoms. The molecule has 0 bridgehead atoms. The zero-order chi connectivity index (χ0) is 13.4. The van der Waals surface area contributed by atoms with Crippen LogP contribution in [-0.4, -0.2) is 26.0 Å². The molecule has 2 aromatic rings. The molecule has 1 aliphatic carbocycles. The standard InChI is InChI=1S/C14H17N3O2/c1-2-8-6-9(10(7-8)14(18)19)12-16-11-4-3-5-15-13(11)17-12/h3-5,8-10H,2,6-7H2,1H3,(H,18,19)(H,15,16,17). The molecule has 1 aliphatic rings. The summed E-state index contributed by atoms with van der Waals surface area (Å²) in [5.41, 5.74) is 1.54. The molecule has 0 radical (unpaired) electrons. The largest absolute Gasteiger partial charge is 0.481 e. The number of rotatable bonds is 3. The highest BCUT2D eigenvalue weighted by molar-refractivity contribution is 5.73. The molecule has 3 atom stereocenters. The molecule has 0 aliphatic heterocycles. The number of aliphatic carboxylic acids is 1. The van der Waals surface area contributed by atoms with Gasteiger partial charge in [-0.15, -0.1) is 0 Å². The van der Waals surface area contributed by atoms with Gasteiger partial charge < -0.3 is 10.1 Å². The Morgan fingerprint density at radius 3 is 3.05 bits per heavy atom. The number of imidazole rings is 1. The van der Waals surface area contributed by atoms with Crippen molar-refractivity contribution < 1.29 is 9.90 Å². The van der Waals surface area contributed by atoms with E-state index >= 15 is 0 Å². The highest BCUT2D eigenvalue weighted by Gasteiger charge is 2.40. The smallest absolute Gasteiger partial charge is 0.307 e. The van der Waals surface area contributed by atoms with E-state index in [4.69, 9.17) is 0 Å². The number of fused-ring (bicyclic) bond motifs is 1. The van der Waals surface area contributed by atoms with Gasteiger partial charge in [-0.25, -0.2) is 9.97 Å². The number of hydrogen-bond acceptors (Lipinski definition) is 3. The van der Waals surface area contributed by atoms with Gasteiger partial charge in [-0.3, -0.25) is 4.79 Å². The molecule has 2 aromatic heterocycles. The highest BCUT2D eigenvalue weighted by atomic mass is 16.4. The van der Waals surface area contributed by atoms with Gasteiger partial charge in [0.1, 0.15) is 5.82 Å². The SMILES string of the molecule is CCC1CC(C(=O)O)C(c2nc3ncccc3[nH]2)C1. The minimum atomic E-state index is -0.714. The van der Waals surface area contributed by atoms with Gasteiger partial charge in [0.2, 0.25) is 0 Å². The quantitative estimate of drug-likeness (QED) is 0.887. The molecule has 100 valence electrons. The lowest BCUT2D eigenvalue weighted by Crippen LogP contribution is -2.17. The summed E-state index contributed by atoms with van der Waals surface area (Å²) in [6.07, 6.45) is 4.37. The fraction of sp³-hybridized carbons (Fsp3) is 0.500. The Hall–Kier alpha value is -1.91. The number of carbonyl (C=O) groups is 1. The second-order valence-corrected chi connectivity index (χ2v) is 5.29. The fourth-order valence-electron chi connectivity index (χ4n) is 3.09. The topological polar surface area (TPSA) is 78.9 Å². The minimum absolute atomic E-state index is 0.0170. The van der Waals surface area contributed by atoms with Crippen molar-refractivity contribution in [1.29, 1.82) is 0 Å². The number of pyridine rings is 1. The maximum atomic E-state index is 11.4. The van der Waals surface area contributed by atoms with Crippen LogP contribution in [0.1, 0.15) is 37.9 Å². The maximum absolute atomic E-state index is 11.4. The van der Waals surface area contributed by atoms with Crippen molar-refractivity contribution >= 4 is 17.1 Å². The first-order valence-corrected chi connectivity index (χ1v) is 6.72. The van der Waals surface area contributed by atoms with Gasteiger partial charge >= 0.3 is 5.97 Å². The van der Waals surface area contributed by atoms with E-state index in [1.54, 1.807) is 6.20 Å². The average Bonchev–Trinajstić information content (AvgIpc) is 3.02. The minimum Gasteiger partial charge on any atom is -0.481 e. The van der Waals surface area contributed by atoms with Crippen LogP contribution in [0.4, 0.5) is 0 Å². The molecule has 0 saturated heterocycles. The molecule has 1 fully saturated rings. The summed E-state index contributed by atoms with van der Waals surface area (Å²) >= 11 is 0. The van der Waals surface area contributed by atoms with Crippen LogP contribution >= 0.6 is 0 Å². The van der Waals surface area contributed by atoms with Crippen molar-refractivity contribution in [2.75, 3.05) is 0 Å². The molecule has 3 rings (SSSR count). The molecule has 3 unspecified atom stereocenters. The van der Waals surface area contributed by atoms with E-state index < -0.39 is 5.97 Å². The predicted molar refractivity (Wildman–Crippen MR) is 70.8 cm³/mol. The number of hydrogen-bond donors (Lipinski definition) is 2. The van der Waals surface area contributed by atoms with E-state index in [2.05, 4.69) is 21.9 Å². The van der Waals surface area contributed by atoms with Crippen LogP contribution in [0.3, 0.4) is 0 Å². The van der Waals surface area contributed by atoms with Crippen molar-refractivity contribution in [2.24, 2.45) is 11.8 Å². The predicted octanol–water partition coefficient (Wildman–Crippen LogP) is 2.56. The molecule has 0 amide bonds. The number of carboxylic acids is 1. The van der Waals surface area contributed by atoms with Gasteiger partial charge in [0, 0.05) is 12.1 Å². The molecule has 19 heavy (non-hydrogen) atoms. The third-order valence-corrected chi connectivity index (χ3v) is 4.18. The highest BCUT2D eigenvalue weighted by Crippen LogP contribution is 2.43. The zero-order valence-electron chi connectivity index (χ0n) is 10.8. The number of aromatic amines is 1. The van der Waals surface area contributed by atoms with E-state index in [1.165, 1.54) is 0 Å². The van der Waals surface area contributed by atoms with Gasteiger partial charge in [-0.05, 0) is 30.9 Å². The molecule has 2 heterocycles. The van der Waals surface area contributed by atoms with Crippen molar-refractivity contribution in [1.82, 2.24) is 15.0 Å².